The second-order valence-electron chi connectivity index (χ2n) is 5.96. The fourth-order valence-corrected chi connectivity index (χ4v) is 2.60. The molecule has 0 atom stereocenters. The SMILES string of the molecule is CCOC(=O)C(=O)CC=C(C(=O)OCC)c1cccc(C(=O)c2ccccc2)c1. The normalized spacial score (nSPS) is 10.9. The Morgan fingerprint density at radius 2 is 1.34 bits per heavy atom. The Kier molecular flexibility index (Phi) is 8.03. The zero-order valence-electron chi connectivity index (χ0n) is 16.3. The number of benzene rings is 2. The van der Waals surface area contributed by atoms with E-state index in [4.69, 9.17) is 4.74 Å². The molecule has 0 spiro atoms. The second kappa shape index (κ2) is 10.7. The first-order valence-corrected chi connectivity index (χ1v) is 9.25. The van der Waals surface area contributed by atoms with Gasteiger partial charge in [0, 0.05) is 17.5 Å². The molecule has 0 aliphatic carbocycles. The minimum Gasteiger partial charge on any atom is -0.462 e. The van der Waals surface area contributed by atoms with Crippen LogP contribution in [-0.4, -0.2) is 36.7 Å². The fraction of sp³-hybridized carbons (Fsp3) is 0.217. The van der Waals surface area contributed by atoms with E-state index in [1.54, 1.807) is 62.4 Å². The molecule has 0 heterocycles. The maximum atomic E-state index is 12.7. The number of carbonyl (C=O) groups is 4. The molecule has 0 bridgehead atoms. The molecule has 6 nitrogen and oxygen atoms in total. The number of hydrogen-bond acceptors (Lipinski definition) is 6. The van der Waals surface area contributed by atoms with E-state index >= 15 is 0 Å². The minimum atomic E-state index is -0.958. The summed E-state index contributed by atoms with van der Waals surface area (Å²) in [4.78, 5) is 48.5. The van der Waals surface area contributed by atoms with Gasteiger partial charge in [-0.3, -0.25) is 9.59 Å². The Morgan fingerprint density at radius 1 is 0.759 bits per heavy atom. The van der Waals surface area contributed by atoms with Crippen molar-refractivity contribution in [2.75, 3.05) is 13.2 Å². The quantitative estimate of drug-likeness (QED) is 0.280. The molecule has 0 fully saturated rings. The Bertz CT molecular complexity index is 927. The summed E-state index contributed by atoms with van der Waals surface area (Å²) in [5.74, 6) is -2.57. The molecule has 6 heteroatoms. The Balaban J connectivity index is 2.35. The average molecular weight is 394 g/mol. The van der Waals surface area contributed by atoms with Crippen LogP contribution in [0.4, 0.5) is 0 Å². The molecule has 150 valence electrons. The number of ketones is 2. The molecule has 2 rings (SSSR count). The third kappa shape index (κ3) is 5.97. The summed E-state index contributed by atoms with van der Waals surface area (Å²) < 4.78 is 9.73. The molecule has 0 aromatic heterocycles. The largest absolute Gasteiger partial charge is 0.462 e. The van der Waals surface area contributed by atoms with Crippen LogP contribution >= 0.6 is 0 Å². The van der Waals surface area contributed by atoms with Crippen LogP contribution in [0.3, 0.4) is 0 Å². The van der Waals surface area contributed by atoms with Crippen molar-refractivity contribution < 1.29 is 28.7 Å². The highest BCUT2D eigenvalue weighted by atomic mass is 16.5. The zero-order chi connectivity index (χ0) is 21.2. The van der Waals surface area contributed by atoms with E-state index in [-0.39, 0.29) is 31.0 Å². The fourth-order valence-electron chi connectivity index (χ4n) is 2.60. The third-order valence-corrected chi connectivity index (χ3v) is 3.96. The van der Waals surface area contributed by atoms with Crippen molar-refractivity contribution in [3.8, 4) is 0 Å². The van der Waals surface area contributed by atoms with Gasteiger partial charge in [0.25, 0.3) is 0 Å². The van der Waals surface area contributed by atoms with Gasteiger partial charge in [0.1, 0.15) is 0 Å². The number of carbonyl (C=O) groups excluding carboxylic acids is 4. The standard InChI is InChI=1S/C23H22O6/c1-3-28-22(26)19(13-14-20(24)23(27)29-4-2)17-11-8-12-18(15-17)21(25)16-9-6-5-7-10-16/h5-13,15H,3-4,14H2,1-2H3. The second-order valence-corrected chi connectivity index (χ2v) is 5.96. The maximum absolute atomic E-state index is 12.7. The number of rotatable bonds is 9. The molecule has 0 radical (unpaired) electrons. The van der Waals surface area contributed by atoms with E-state index in [0.29, 0.717) is 16.7 Å². The number of ether oxygens (including phenoxy) is 2. The van der Waals surface area contributed by atoms with Crippen LogP contribution in [0.5, 0.6) is 0 Å². The van der Waals surface area contributed by atoms with E-state index in [2.05, 4.69) is 4.74 Å². The Hall–Kier alpha value is -3.54. The maximum Gasteiger partial charge on any atom is 0.374 e. The summed E-state index contributed by atoms with van der Waals surface area (Å²) in [6.45, 7) is 3.49. The summed E-state index contributed by atoms with van der Waals surface area (Å²) in [5, 5.41) is 0. The highest BCUT2D eigenvalue weighted by Gasteiger charge is 2.19. The molecular weight excluding hydrogens is 372 g/mol. The van der Waals surface area contributed by atoms with Gasteiger partial charge in [0.05, 0.1) is 18.8 Å². The summed E-state index contributed by atoms with van der Waals surface area (Å²) in [6.07, 6.45) is 1.01. The predicted octanol–water partition coefficient (Wildman–Crippen LogP) is 3.39. The van der Waals surface area contributed by atoms with Gasteiger partial charge < -0.3 is 9.47 Å². The Labute approximate surface area is 169 Å². The van der Waals surface area contributed by atoms with Gasteiger partial charge in [-0.15, -0.1) is 0 Å². The molecule has 0 amide bonds. The van der Waals surface area contributed by atoms with Crippen molar-refractivity contribution >= 4 is 29.1 Å². The van der Waals surface area contributed by atoms with Crippen LogP contribution in [0.2, 0.25) is 0 Å². The van der Waals surface area contributed by atoms with Crippen molar-refractivity contribution in [2.45, 2.75) is 20.3 Å². The summed E-state index contributed by atoms with van der Waals surface area (Å²) in [7, 11) is 0. The van der Waals surface area contributed by atoms with E-state index in [1.807, 2.05) is 6.07 Å². The topological polar surface area (TPSA) is 86.7 Å². The van der Waals surface area contributed by atoms with Gasteiger partial charge >= 0.3 is 11.9 Å². The lowest BCUT2D eigenvalue weighted by molar-refractivity contribution is -0.153. The first-order valence-electron chi connectivity index (χ1n) is 9.25. The summed E-state index contributed by atoms with van der Waals surface area (Å²) in [6, 6.07) is 15.2. The zero-order valence-corrected chi connectivity index (χ0v) is 16.3. The average Bonchev–Trinajstić information content (AvgIpc) is 2.74. The number of allylic oxidation sites excluding steroid dienone is 1. The number of hydrogen-bond donors (Lipinski definition) is 0. The third-order valence-electron chi connectivity index (χ3n) is 3.96. The van der Waals surface area contributed by atoms with Gasteiger partial charge in [-0.2, -0.15) is 0 Å². The van der Waals surface area contributed by atoms with E-state index < -0.39 is 17.7 Å². The molecule has 0 saturated carbocycles. The summed E-state index contributed by atoms with van der Waals surface area (Å²) in [5.41, 5.74) is 1.43. The first kappa shape index (κ1) is 21.8. The molecule has 2 aromatic carbocycles. The van der Waals surface area contributed by atoms with E-state index in [0.717, 1.165) is 0 Å². The molecular formula is C23H22O6. The van der Waals surface area contributed by atoms with Crippen LogP contribution in [0.1, 0.15) is 41.8 Å². The van der Waals surface area contributed by atoms with E-state index in [1.165, 1.54) is 6.08 Å². The molecule has 0 N–H and O–H groups in total. The number of Topliss-reactive ketones (excluding diaryl/α,β-unsaturated/α-hetero) is 1. The smallest absolute Gasteiger partial charge is 0.374 e. The lowest BCUT2D eigenvalue weighted by atomic mass is 9.97. The summed E-state index contributed by atoms with van der Waals surface area (Å²) >= 11 is 0. The minimum absolute atomic E-state index is 0.0860. The van der Waals surface area contributed by atoms with Crippen molar-refractivity contribution in [1.29, 1.82) is 0 Å². The van der Waals surface area contributed by atoms with Crippen molar-refractivity contribution in [3.63, 3.8) is 0 Å². The predicted molar refractivity (Wildman–Crippen MR) is 107 cm³/mol. The molecule has 2 aromatic rings. The van der Waals surface area contributed by atoms with Crippen LogP contribution in [0, 0.1) is 0 Å². The molecule has 0 aliphatic heterocycles. The van der Waals surface area contributed by atoms with Gasteiger partial charge in [0.2, 0.25) is 5.78 Å². The van der Waals surface area contributed by atoms with Crippen molar-refractivity contribution in [1.82, 2.24) is 0 Å². The van der Waals surface area contributed by atoms with Crippen molar-refractivity contribution in [3.05, 3.63) is 77.4 Å². The molecule has 0 aliphatic rings. The molecule has 0 saturated heterocycles. The first-order chi connectivity index (χ1) is 14.0. The number of esters is 2. The van der Waals surface area contributed by atoms with Gasteiger partial charge in [-0.25, -0.2) is 9.59 Å². The van der Waals surface area contributed by atoms with Crippen molar-refractivity contribution in [2.24, 2.45) is 0 Å². The van der Waals surface area contributed by atoms with Crippen LogP contribution in [-0.2, 0) is 23.9 Å². The lowest BCUT2D eigenvalue weighted by Gasteiger charge is -2.09. The van der Waals surface area contributed by atoms with Gasteiger partial charge in [0.15, 0.2) is 5.78 Å². The lowest BCUT2D eigenvalue weighted by Crippen LogP contribution is -2.17. The van der Waals surface area contributed by atoms with Gasteiger partial charge in [-0.1, -0.05) is 54.6 Å². The van der Waals surface area contributed by atoms with Gasteiger partial charge in [-0.05, 0) is 25.5 Å². The highest BCUT2D eigenvalue weighted by molar-refractivity contribution is 6.34. The molecule has 0 unspecified atom stereocenters. The van der Waals surface area contributed by atoms with E-state index in [9.17, 15) is 19.2 Å². The van der Waals surface area contributed by atoms with Crippen LogP contribution in [0.15, 0.2) is 60.7 Å². The highest BCUT2D eigenvalue weighted by Crippen LogP contribution is 2.20. The monoisotopic (exact) mass is 394 g/mol. The molecule has 29 heavy (non-hydrogen) atoms. The van der Waals surface area contributed by atoms with Crippen LogP contribution < -0.4 is 0 Å². The Morgan fingerprint density at radius 3 is 2.00 bits per heavy atom. The van der Waals surface area contributed by atoms with Crippen LogP contribution in [0.25, 0.3) is 5.57 Å².